The maximum Gasteiger partial charge on any atom is 0.410 e. The lowest BCUT2D eigenvalue weighted by Gasteiger charge is -2.33. The monoisotopic (exact) mass is 325 g/mol. The van der Waals surface area contributed by atoms with Crippen LogP contribution in [0.25, 0.3) is 0 Å². The zero-order chi connectivity index (χ0) is 16.3. The van der Waals surface area contributed by atoms with Gasteiger partial charge < -0.3 is 15.0 Å². The molecule has 2 amide bonds. The second kappa shape index (κ2) is 6.64. The Morgan fingerprint density at radius 1 is 1.45 bits per heavy atom. The maximum absolute atomic E-state index is 12.3. The normalized spacial score (nSPS) is 18.9. The topological polar surface area (TPSA) is 71.5 Å². The number of rotatable bonds is 2. The molecule has 1 aromatic rings. The van der Waals surface area contributed by atoms with Gasteiger partial charge in [0.15, 0.2) is 5.13 Å². The number of carbonyl (C=O) groups is 2. The standard InChI is InChI=1S/C15H23N3O3S/c1-10-9-22-13(16-10)17-12(19)11-6-5-7-18(8-11)14(20)21-15(2,3)4/h9,11H,5-8H2,1-4H3,(H,16,17,19)/t11-/m1/s1. The molecule has 1 aromatic heterocycles. The molecule has 2 heterocycles. The van der Waals surface area contributed by atoms with Crippen LogP contribution >= 0.6 is 11.3 Å². The summed E-state index contributed by atoms with van der Waals surface area (Å²) in [5.74, 6) is -0.298. The molecule has 0 unspecified atom stereocenters. The van der Waals surface area contributed by atoms with Crippen LogP contribution in [-0.4, -0.2) is 40.6 Å². The number of amides is 2. The fourth-order valence-electron chi connectivity index (χ4n) is 2.30. The van der Waals surface area contributed by atoms with Gasteiger partial charge in [0.2, 0.25) is 5.91 Å². The summed E-state index contributed by atoms with van der Waals surface area (Å²) in [4.78, 5) is 30.3. The van der Waals surface area contributed by atoms with Crippen molar-refractivity contribution in [1.29, 1.82) is 0 Å². The minimum atomic E-state index is -0.523. The average Bonchev–Trinajstić information content (AvgIpc) is 2.82. The first-order valence-corrected chi connectivity index (χ1v) is 8.33. The molecule has 6 nitrogen and oxygen atoms in total. The molecule has 1 atom stereocenters. The van der Waals surface area contributed by atoms with Crippen LogP contribution in [-0.2, 0) is 9.53 Å². The van der Waals surface area contributed by atoms with E-state index in [2.05, 4.69) is 10.3 Å². The highest BCUT2D eigenvalue weighted by Crippen LogP contribution is 2.22. The van der Waals surface area contributed by atoms with E-state index < -0.39 is 5.60 Å². The maximum atomic E-state index is 12.3. The van der Waals surface area contributed by atoms with Crippen molar-refractivity contribution in [3.8, 4) is 0 Å². The van der Waals surface area contributed by atoms with E-state index in [1.807, 2.05) is 33.1 Å². The fraction of sp³-hybridized carbons (Fsp3) is 0.667. The first-order chi connectivity index (χ1) is 10.2. The number of hydrogen-bond donors (Lipinski definition) is 1. The van der Waals surface area contributed by atoms with Crippen molar-refractivity contribution >= 4 is 28.5 Å². The number of anilines is 1. The Morgan fingerprint density at radius 2 is 2.18 bits per heavy atom. The number of thiazole rings is 1. The highest BCUT2D eigenvalue weighted by atomic mass is 32.1. The molecular weight excluding hydrogens is 302 g/mol. The van der Waals surface area contributed by atoms with Crippen molar-refractivity contribution in [2.24, 2.45) is 5.92 Å². The lowest BCUT2D eigenvalue weighted by atomic mass is 9.97. The Balaban J connectivity index is 1.92. The van der Waals surface area contributed by atoms with Gasteiger partial charge in [0.25, 0.3) is 0 Å². The quantitative estimate of drug-likeness (QED) is 0.907. The fourth-order valence-corrected chi connectivity index (χ4v) is 2.99. The summed E-state index contributed by atoms with van der Waals surface area (Å²) in [6.45, 7) is 8.43. The Labute approximate surface area is 134 Å². The molecule has 0 aromatic carbocycles. The van der Waals surface area contributed by atoms with Gasteiger partial charge in [-0.3, -0.25) is 4.79 Å². The van der Waals surface area contributed by atoms with E-state index in [0.29, 0.717) is 18.2 Å². The Kier molecular flexibility index (Phi) is 5.05. The third-order valence-electron chi connectivity index (χ3n) is 3.29. The van der Waals surface area contributed by atoms with Crippen molar-refractivity contribution in [1.82, 2.24) is 9.88 Å². The molecule has 1 saturated heterocycles. The van der Waals surface area contributed by atoms with Gasteiger partial charge in [0, 0.05) is 18.5 Å². The number of nitrogens with zero attached hydrogens (tertiary/aromatic N) is 2. The molecule has 1 N–H and O–H groups in total. The average molecular weight is 325 g/mol. The van der Waals surface area contributed by atoms with Crippen LogP contribution in [0.4, 0.5) is 9.93 Å². The van der Waals surface area contributed by atoms with Gasteiger partial charge in [-0.15, -0.1) is 11.3 Å². The molecule has 0 radical (unpaired) electrons. The van der Waals surface area contributed by atoms with Crippen molar-refractivity contribution in [3.63, 3.8) is 0 Å². The van der Waals surface area contributed by atoms with Crippen LogP contribution in [0.15, 0.2) is 5.38 Å². The number of likely N-dealkylation sites (tertiary alicyclic amines) is 1. The molecule has 1 aliphatic heterocycles. The first kappa shape index (κ1) is 16.7. The molecule has 122 valence electrons. The summed E-state index contributed by atoms with van der Waals surface area (Å²) < 4.78 is 5.37. The predicted octanol–water partition coefficient (Wildman–Crippen LogP) is 3.04. The van der Waals surface area contributed by atoms with E-state index in [4.69, 9.17) is 4.74 Å². The van der Waals surface area contributed by atoms with Crippen LogP contribution in [0.1, 0.15) is 39.3 Å². The van der Waals surface area contributed by atoms with E-state index in [1.54, 1.807) is 4.90 Å². The molecule has 0 saturated carbocycles. The number of piperidine rings is 1. The highest BCUT2D eigenvalue weighted by Gasteiger charge is 2.31. The molecular formula is C15H23N3O3S. The van der Waals surface area contributed by atoms with Gasteiger partial charge in [-0.1, -0.05) is 0 Å². The van der Waals surface area contributed by atoms with Gasteiger partial charge in [0.1, 0.15) is 5.60 Å². The van der Waals surface area contributed by atoms with Gasteiger partial charge in [-0.25, -0.2) is 9.78 Å². The summed E-state index contributed by atoms with van der Waals surface area (Å²) in [6, 6.07) is 0. The van der Waals surface area contributed by atoms with E-state index >= 15 is 0 Å². The zero-order valence-electron chi connectivity index (χ0n) is 13.5. The Morgan fingerprint density at radius 3 is 2.77 bits per heavy atom. The van der Waals surface area contributed by atoms with Gasteiger partial charge in [-0.05, 0) is 40.5 Å². The number of hydrogen-bond acceptors (Lipinski definition) is 5. The van der Waals surface area contributed by atoms with E-state index in [1.165, 1.54) is 11.3 Å². The van der Waals surface area contributed by atoms with E-state index in [-0.39, 0.29) is 17.9 Å². The second-order valence-corrected chi connectivity index (χ2v) is 7.41. The number of nitrogens with one attached hydrogen (secondary N) is 1. The summed E-state index contributed by atoms with van der Waals surface area (Å²) >= 11 is 1.41. The van der Waals surface area contributed by atoms with Crippen molar-refractivity contribution < 1.29 is 14.3 Å². The molecule has 0 bridgehead atoms. The van der Waals surface area contributed by atoms with Gasteiger partial charge >= 0.3 is 6.09 Å². The predicted molar refractivity (Wildman–Crippen MR) is 86.0 cm³/mol. The highest BCUT2D eigenvalue weighted by molar-refractivity contribution is 7.13. The van der Waals surface area contributed by atoms with Crippen molar-refractivity contribution in [2.45, 2.75) is 46.1 Å². The lowest BCUT2D eigenvalue weighted by molar-refractivity contribution is -0.121. The number of aromatic nitrogens is 1. The van der Waals surface area contributed by atoms with Crippen LogP contribution < -0.4 is 5.32 Å². The van der Waals surface area contributed by atoms with Crippen LogP contribution in [0.2, 0.25) is 0 Å². The first-order valence-electron chi connectivity index (χ1n) is 7.45. The summed E-state index contributed by atoms with van der Waals surface area (Å²) in [5.41, 5.74) is 0.365. The number of ether oxygens (including phenoxy) is 1. The zero-order valence-corrected chi connectivity index (χ0v) is 14.3. The largest absolute Gasteiger partial charge is 0.444 e. The lowest BCUT2D eigenvalue weighted by Crippen LogP contribution is -2.45. The molecule has 2 rings (SSSR count). The summed E-state index contributed by atoms with van der Waals surface area (Å²) in [5, 5.41) is 5.33. The van der Waals surface area contributed by atoms with Gasteiger partial charge in [-0.2, -0.15) is 0 Å². The number of carbonyl (C=O) groups excluding carboxylic acids is 2. The molecule has 22 heavy (non-hydrogen) atoms. The third kappa shape index (κ3) is 4.69. The molecule has 1 aliphatic rings. The second-order valence-electron chi connectivity index (χ2n) is 6.55. The van der Waals surface area contributed by atoms with Crippen LogP contribution in [0.5, 0.6) is 0 Å². The summed E-state index contributed by atoms with van der Waals surface area (Å²) in [7, 11) is 0. The minimum absolute atomic E-state index is 0.0809. The third-order valence-corrected chi connectivity index (χ3v) is 4.17. The van der Waals surface area contributed by atoms with Crippen molar-refractivity contribution in [3.05, 3.63) is 11.1 Å². The molecule has 0 aliphatic carbocycles. The van der Waals surface area contributed by atoms with E-state index in [9.17, 15) is 9.59 Å². The summed E-state index contributed by atoms with van der Waals surface area (Å²) in [6.07, 6.45) is 1.22. The smallest absolute Gasteiger partial charge is 0.410 e. The van der Waals surface area contributed by atoms with Crippen molar-refractivity contribution in [2.75, 3.05) is 18.4 Å². The number of aryl methyl sites for hydroxylation is 1. The molecule has 0 spiro atoms. The van der Waals surface area contributed by atoms with Crippen LogP contribution in [0, 0.1) is 12.8 Å². The van der Waals surface area contributed by atoms with Gasteiger partial charge in [0.05, 0.1) is 11.6 Å². The van der Waals surface area contributed by atoms with Crippen LogP contribution in [0.3, 0.4) is 0 Å². The molecule has 7 heteroatoms. The minimum Gasteiger partial charge on any atom is -0.444 e. The Bertz CT molecular complexity index is 550. The Hall–Kier alpha value is -1.63. The molecule has 1 fully saturated rings. The SMILES string of the molecule is Cc1csc(NC(=O)[C@@H]2CCCN(C(=O)OC(C)(C)C)C2)n1. The van der Waals surface area contributed by atoms with E-state index in [0.717, 1.165) is 18.5 Å².